The summed E-state index contributed by atoms with van der Waals surface area (Å²) in [6.45, 7) is 3.38. The maximum atomic E-state index is 13.9. The smallest absolute Gasteiger partial charge is 0.417 e. The molecule has 0 spiro atoms. The number of hydrogen-bond acceptors (Lipinski definition) is 4. The van der Waals surface area contributed by atoms with Gasteiger partial charge in [0.25, 0.3) is 0 Å². The van der Waals surface area contributed by atoms with Crippen LogP contribution in [0.3, 0.4) is 0 Å². The van der Waals surface area contributed by atoms with E-state index >= 15 is 0 Å². The lowest BCUT2D eigenvalue weighted by atomic mass is 10.1. The minimum Gasteiger partial charge on any atom is -0.475 e. The maximum absolute atomic E-state index is 13.9. The van der Waals surface area contributed by atoms with E-state index in [0.717, 1.165) is 12.1 Å². The number of nitrogens with zero attached hydrogens (tertiary/aromatic N) is 2. The van der Waals surface area contributed by atoms with Gasteiger partial charge in [0, 0.05) is 23.5 Å². The molecule has 0 bridgehead atoms. The van der Waals surface area contributed by atoms with Crippen LogP contribution in [0.4, 0.5) is 24.7 Å². The molecule has 2 heterocycles. The fraction of sp³-hybridized carbons (Fsp3) is 0.167. The molecular weight excluding hydrogens is 419 g/mol. The molecule has 0 atom stereocenters. The Bertz CT molecular complexity index is 1300. The highest BCUT2D eigenvalue weighted by atomic mass is 19.4. The number of ether oxygens (including phenoxy) is 1. The van der Waals surface area contributed by atoms with Crippen molar-refractivity contribution in [3.8, 4) is 11.6 Å². The molecule has 4 rings (SSSR count). The van der Waals surface area contributed by atoms with E-state index in [2.05, 4.69) is 10.3 Å². The molecule has 0 unspecified atom stereocenters. The van der Waals surface area contributed by atoms with E-state index < -0.39 is 28.7 Å². The number of fused-ring (bicyclic) bond motifs is 1. The Morgan fingerprint density at radius 1 is 0.969 bits per heavy atom. The third kappa shape index (κ3) is 4.30. The van der Waals surface area contributed by atoms with Crippen LogP contribution >= 0.6 is 0 Å². The summed E-state index contributed by atoms with van der Waals surface area (Å²) in [4.78, 5) is 17.3. The first kappa shape index (κ1) is 21.4. The van der Waals surface area contributed by atoms with Gasteiger partial charge in [0.05, 0.1) is 17.1 Å². The van der Waals surface area contributed by atoms with Crippen molar-refractivity contribution in [2.45, 2.75) is 26.1 Å². The van der Waals surface area contributed by atoms with Gasteiger partial charge in [-0.1, -0.05) is 36.4 Å². The number of halogens is 3. The fourth-order valence-electron chi connectivity index (χ4n) is 3.41. The van der Waals surface area contributed by atoms with Crippen LogP contribution in [0, 0.1) is 0 Å². The Labute approximate surface area is 182 Å². The molecule has 164 valence electrons. The maximum Gasteiger partial charge on any atom is 0.417 e. The van der Waals surface area contributed by atoms with Crippen molar-refractivity contribution >= 4 is 22.5 Å². The second kappa shape index (κ2) is 8.37. The van der Waals surface area contributed by atoms with Crippen molar-refractivity contribution in [3.63, 3.8) is 0 Å². The number of pyridine rings is 2. The van der Waals surface area contributed by atoms with Crippen LogP contribution < -0.4 is 15.5 Å². The van der Waals surface area contributed by atoms with Crippen LogP contribution in [0.1, 0.15) is 19.4 Å². The second-order valence-corrected chi connectivity index (χ2v) is 7.43. The summed E-state index contributed by atoms with van der Waals surface area (Å²) in [6, 6.07) is 19.7. The number of benzene rings is 2. The van der Waals surface area contributed by atoms with Gasteiger partial charge in [0.2, 0.25) is 5.88 Å². The zero-order valence-corrected chi connectivity index (χ0v) is 17.4. The van der Waals surface area contributed by atoms with Crippen LogP contribution in [0.25, 0.3) is 16.7 Å². The first-order valence-electron chi connectivity index (χ1n) is 9.96. The quantitative estimate of drug-likeness (QED) is 0.418. The Hall–Kier alpha value is -3.81. The second-order valence-electron chi connectivity index (χ2n) is 7.43. The molecule has 8 heteroatoms. The third-order valence-electron chi connectivity index (χ3n) is 4.67. The summed E-state index contributed by atoms with van der Waals surface area (Å²) in [6.07, 6.45) is -5.17. The number of rotatable bonds is 5. The van der Waals surface area contributed by atoms with Gasteiger partial charge in [0.1, 0.15) is 5.82 Å². The lowest BCUT2D eigenvalue weighted by Gasteiger charge is -2.20. The molecule has 2 aromatic heterocycles. The highest BCUT2D eigenvalue weighted by Gasteiger charge is 2.36. The molecule has 0 amide bonds. The first-order valence-corrected chi connectivity index (χ1v) is 9.96. The molecule has 32 heavy (non-hydrogen) atoms. The van der Waals surface area contributed by atoms with E-state index in [1.54, 1.807) is 56.3 Å². The van der Waals surface area contributed by atoms with Gasteiger partial charge < -0.3 is 10.1 Å². The van der Waals surface area contributed by atoms with Gasteiger partial charge in [-0.25, -0.2) is 0 Å². The summed E-state index contributed by atoms with van der Waals surface area (Å²) in [5.41, 5.74) is -0.812. The van der Waals surface area contributed by atoms with Crippen LogP contribution in [0.2, 0.25) is 0 Å². The van der Waals surface area contributed by atoms with Crippen LogP contribution in [0.5, 0.6) is 5.88 Å². The summed E-state index contributed by atoms with van der Waals surface area (Å²) in [7, 11) is 0. The summed E-state index contributed by atoms with van der Waals surface area (Å²) < 4.78 is 48.8. The Kier molecular flexibility index (Phi) is 5.61. The first-order chi connectivity index (χ1) is 15.2. The van der Waals surface area contributed by atoms with Crippen molar-refractivity contribution in [1.82, 2.24) is 9.55 Å². The zero-order chi connectivity index (χ0) is 22.9. The van der Waals surface area contributed by atoms with Gasteiger partial charge >= 0.3 is 6.18 Å². The molecule has 4 aromatic rings. The molecule has 0 aliphatic carbocycles. The number of hydrogen-bond donors (Lipinski definition) is 1. The highest BCUT2D eigenvalue weighted by molar-refractivity contribution is 5.85. The third-order valence-corrected chi connectivity index (χ3v) is 4.67. The van der Waals surface area contributed by atoms with E-state index in [0.29, 0.717) is 11.4 Å². The summed E-state index contributed by atoms with van der Waals surface area (Å²) in [5.74, 6) is 0.0722. The number of para-hydroxylation sites is 2. The Balaban J connectivity index is 2.10. The van der Waals surface area contributed by atoms with Gasteiger partial charge in [-0.05, 0) is 38.1 Å². The molecule has 0 saturated heterocycles. The molecule has 0 saturated carbocycles. The molecule has 0 radical (unpaired) electrons. The number of nitrogens with one attached hydrogen (secondary N) is 1. The lowest BCUT2D eigenvalue weighted by molar-refractivity contribution is -0.136. The van der Waals surface area contributed by atoms with Crippen molar-refractivity contribution in [2.24, 2.45) is 0 Å². The van der Waals surface area contributed by atoms with E-state index in [9.17, 15) is 18.0 Å². The topological polar surface area (TPSA) is 56.1 Å². The van der Waals surface area contributed by atoms with Gasteiger partial charge in [0.15, 0.2) is 11.1 Å². The van der Waals surface area contributed by atoms with Gasteiger partial charge in [-0.15, -0.1) is 0 Å². The standard InChI is InChI=1S/C24H20F3N3O2/c1-15(2)32-21-13-18(24(25,26)27)22-19(31)14-20(28-16-9-5-3-6-10-16)30(23(22)29-21)17-11-7-4-8-12-17/h3-15,28H,1-2H3. The number of anilines is 2. The van der Waals surface area contributed by atoms with E-state index in [1.807, 2.05) is 18.2 Å². The van der Waals surface area contributed by atoms with Crippen LogP contribution in [-0.4, -0.2) is 15.7 Å². The van der Waals surface area contributed by atoms with E-state index in [-0.39, 0.29) is 17.3 Å². The minimum absolute atomic E-state index is 0.146. The van der Waals surface area contributed by atoms with Gasteiger partial charge in [-0.3, -0.25) is 9.36 Å². The Morgan fingerprint density at radius 2 is 1.59 bits per heavy atom. The number of alkyl halides is 3. The van der Waals surface area contributed by atoms with Crippen LogP contribution in [0.15, 0.2) is 77.6 Å². The molecule has 0 aliphatic rings. The van der Waals surface area contributed by atoms with Crippen molar-refractivity contribution < 1.29 is 17.9 Å². The Morgan fingerprint density at radius 3 is 2.19 bits per heavy atom. The minimum atomic E-state index is -4.77. The lowest BCUT2D eigenvalue weighted by Crippen LogP contribution is -2.19. The predicted octanol–water partition coefficient (Wildman–Crippen LogP) is 5.94. The average molecular weight is 439 g/mol. The van der Waals surface area contributed by atoms with Crippen molar-refractivity contribution in [3.05, 3.63) is 88.6 Å². The normalized spacial score (nSPS) is 11.7. The molecule has 2 aromatic carbocycles. The van der Waals surface area contributed by atoms with E-state index in [1.165, 1.54) is 4.57 Å². The van der Waals surface area contributed by atoms with Gasteiger partial charge in [-0.2, -0.15) is 18.2 Å². The van der Waals surface area contributed by atoms with Crippen molar-refractivity contribution in [1.29, 1.82) is 0 Å². The van der Waals surface area contributed by atoms with Crippen molar-refractivity contribution in [2.75, 3.05) is 5.32 Å². The average Bonchev–Trinajstić information content (AvgIpc) is 2.73. The zero-order valence-electron chi connectivity index (χ0n) is 17.4. The summed E-state index contributed by atoms with van der Waals surface area (Å²) in [5, 5.41) is 2.61. The molecule has 0 fully saturated rings. The molecular formula is C24H20F3N3O2. The SMILES string of the molecule is CC(C)Oc1cc(C(F)(F)F)c2c(=O)cc(Nc3ccccc3)n(-c3ccccc3)c2n1. The largest absolute Gasteiger partial charge is 0.475 e. The fourth-order valence-corrected chi connectivity index (χ4v) is 3.41. The highest BCUT2D eigenvalue weighted by Crippen LogP contribution is 2.37. The van der Waals surface area contributed by atoms with E-state index in [4.69, 9.17) is 4.74 Å². The molecule has 1 N–H and O–H groups in total. The van der Waals surface area contributed by atoms with Crippen LogP contribution in [-0.2, 0) is 6.18 Å². The monoisotopic (exact) mass is 439 g/mol. The molecule has 0 aliphatic heterocycles. The predicted molar refractivity (Wildman–Crippen MR) is 118 cm³/mol. The molecule has 5 nitrogen and oxygen atoms in total. The number of aromatic nitrogens is 2. The summed E-state index contributed by atoms with van der Waals surface area (Å²) >= 11 is 0.